The first kappa shape index (κ1) is 24.5. The zero-order chi connectivity index (χ0) is 25.5. The maximum atomic E-state index is 13.3. The Hall–Kier alpha value is -3.64. The molecule has 3 heterocycles. The zero-order valence-corrected chi connectivity index (χ0v) is 20.2. The summed E-state index contributed by atoms with van der Waals surface area (Å²) in [4.78, 5) is 63.4. The summed E-state index contributed by atoms with van der Waals surface area (Å²) in [6.45, 7) is 4.68. The molecule has 4 rings (SSSR count). The highest BCUT2D eigenvalue weighted by atomic mass is 32.1. The number of nitro groups is 1. The summed E-state index contributed by atoms with van der Waals surface area (Å²) in [5.41, 5.74) is -1.27. The van der Waals surface area contributed by atoms with Crippen molar-refractivity contribution >= 4 is 39.0 Å². The molecule has 184 valence electrons. The van der Waals surface area contributed by atoms with E-state index < -0.39 is 46.6 Å². The second kappa shape index (κ2) is 9.19. The van der Waals surface area contributed by atoms with Crippen molar-refractivity contribution in [3.8, 4) is 0 Å². The number of Topliss-reactive ketones (excluding diaryl/α,β-unsaturated/α-hetero) is 1. The second-order valence-corrected chi connectivity index (χ2v) is 9.78. The van der Waals surface area contributed by atoms with Gasteiger partial charge in [-0.25, -0.2) is 9.36 Å². The zero-order valence-electron chi connectivity index (χ0n) is 19.4. The van der Waals surface area contributed by atoms with Crippen LogP contribution in [0.1, 0.15) is 41.6 Å². The Morgan fingerprint density at radius 1 is 1.17 bits per heavy atom. The van der Waals surface area contributed by atoms with Gasteiger partial charge in [0.2, 0.25) is 0 Å². The van der Waals surface area contributed by atoms with Crippen molar-refractivity contribution < 1.29 is 24.0 Å². The van der Waals surface area contributed by atoms with Crippen LogP contribution < -0.4 is 11.2 Å². The predicted molar refractivity (Wildman–Crippen MR) is 127 cm³/mol. The van der Waals surface area contributed by atoms with Crippen molar-refractivity contribution in [3.63, 3.8) is 0 Å². The first-order valence-electron chi connectivity index (χ1n) is 10.9. The molecule has 35 heavy (non-hydrogen) atoms. The van der Waals surface area contributed by atoms with Crippen molar-refractivity contribution in [2.24, 2.45) is 0 Å². The number of hydrogen-bond donors (Lipinski definition) is 0. The van der Waals surface area contributed by atoms with Gasteiger partial charge in [-0.3, -0.25) is 29.1 Å². The third-order valence-electron chi connectivity index (χ3n) is 5.73. The Morgan fingerprint density at radius 2 is 1.86 bits per heavy atom. The molecule has 0 radical (unpaired) electrons. The van der Waals surface area contributed by atoms with Crippen molar-refractivity contribution in [2.45, 2.75) is 52.5 Å². The lowest BCUT2D eigenvalue weighted by molar-refractivity contribution is -0.384. The molecule has 0 saturated heterocycles. The number of esters is 1. The Morgan fingerprint density at radius 3 is 2.49 bits per heavy atom. The summed E-state index contributed by atoms with van der Waals surface area (Å²) in [6, 6.07) is 5.04. The summed E-state index contributed by atoms with van der Waals surface area (Å²) in [6.07, 6.45) is 0.517. The van der Waals surface area contributed by atoms with E-state index in [1.54, 1.807) is 6.92 Å². The van der Waals surface area contributed by atoms with E-state index in [1.165, 1.54) is 40.2 Å². The Labute approximate surface area is 202 Å². The quantitative estimate of drug-likeness (QED) is 0.208. The molecule has 0 spiro atoms. The Balaban J connectivity index is 1.86. The molecule has 0 bridgehead atoms. The SMILES string of the molecule is CCOC(=O)Cn1c(=O)c2c3c(sc2n(CC(=O)c2ccc([N+](=O)[O-])cc2)c1=O)CC(C)(C)OC3. The van der Waals surface area contributed by atoms with Gasteiger partial charge < -0.3 is 9.47 Å². The van der Waals surface area contributed by atoms with Crippen LogP contribution in [0.15, 0.2) is 33.9 Å². The standard InChI is InChI=1S/C23H23N3O8S/c1-4-33-18(28)11-24-20(29)19-15-12-34-23(2,3)9-17(15)35-21(19)25(22(24)30)10-16(27)13-5-7-14(8-6-13)26(31)32/h5-8H,4,9-12H2,1-3H3. The summed E-state index contributed by atoms with van der Waals surface area (Å²) >= 11 is 1.25. The highest BCUT2D eigenvalue weighted by Crippen LogP contribution is 2.37. The van der Waals surface area contributed by atoms with Crippen LogP contribution in [-0.4, -0.2) is 38.0 Å². The van der Waals surface area contributed by atoms with Crippen LogP contribution in [0.5, 0.6) is 0 Å². The van der Waals surface area contributed by atoms with Gasteiger partial charge in [0.25, 0.3) is 11.2 Å². The third-order valence-corrected chi connectivity index (χ3v) is 6.98. The number of aromatic nitrogens is 2. The fourth-order valence-electron chi connectivity index (χ4n) is 3.98. The van der Waals surface area contributed by atoms with E-state index in [1.807, 2.05) is 13.8 Å². The van der Waals surface area contributed by atoms with Crippen molar-refractivity contribution in [1.29, 1.82) is 0 Å². The van der Waals surface area contributed by atoms with Crippen LogP contribution in [0.4, 0.5) is 5.69 Å². The van der Waals surface area contributed by atoms with Gasteiger partial charge in [0.05, 0.1) is 35.7 Å². The van der Waals surface area contributed by atoms with Gasteiger partial charge in [-0.2, -0.15) is 0 Å². The van der Waals surface area contributed by atoms with E-state index in [2.05, 4.69) is 0 Å². The molecule has 3 aromatic rings. The highest BCUT2D eigenvalue weighted by Gasteiger charge is 2.32. The summed E-state index contributed by atoms with van der Waals surface area (Å²) in [5, 5.41) is 11.1. The molecule has 12 heteroatoms. The third kappa shape index (κ3) is 4.66. The average Bonchev–Trinajstić information content (AvgIpc) is 3.17. The number of carbonyl (C=O) groups is 2. The number of ether oxygens (including phenoxy) is 2. The number of nitro benzene ring substituents is 1. The number of carbonyl (C=O) groups excluding carboxylic acids is 2. The molecule has 0 unspecified atom stereocenters. The average molecular weight is 502 g/mol. The van der Waals surface area contributed by atoms with Gasteiger partial charge in [0, 0.05) is 34.6 Å². The van der Waals surface area contributed by atoms with E-state index in [-0.39, 0.29) is 29.9 Å². The van der Waals surface area contributed by atoms with E-state index in [0.717, 1.165) is 9.44 Å². The summed E-state index contributed by atoms with van der Waals surface area (Å²) in [7, 11) is 0. The lowest BCUT2D eigenvalue weighted by atomic mass is 9.97. The molecule has 1 aliphatic heterocycles. The Bertz CT molecular complexity index is 1460. The van der Waals surface area contributed by atoms with Gasteiger partial charge in [-0.05, 0) is 32.9 Å². The molecular formula is C23H23N3O8S. The largest absolute Gasteiger partial charge is 0.465 e. The van der Waals surface area contributed by atoms with Crippen LogP contribution in [0, 0.1) is 10.1 Å². The van der Waals surface area contributed by atoms with E-state index in [9.17, 15) is 29.3 Å². The van der Waals surface area contributed by atoms with Gasteiger partial charge in [-0.1, -0.05) is 0 Å². The lowest BCUT2D eigenvalue weighted by Crippen LogP contribution is -2.42. The van der Waals surface area contributed by atoms with E-state index in [4.69, 9.17) is 9.47 Å². The molecule has 1 aliphatic rings. The van der Waals surface area contributed by atoms with E-state index >= 15 is 0 Å². The minimum absolute atomic E-state index is 0.0828. The second-order valence-electron chi connectivity index (χ2n) is 8.70. The van der Waals surface area contributed by atoms with Gasteiger partial charge >= 0.3 is 11.7 Å². The van der Waals surface area contributed by atoms with Crippen LogP contribution in [0.2, 0.25) is 0 Å². The number of fused-ring (bicyclic) bond motifs is 3. The summed E-state index contributed by atoms with van der Waals surface area (Å²) < 4.78 is 12.8. The van der Waals surface area contributed by atoms with Gasteiger partial charge in [0.15, 0.2) is 5.78 Å². The minimum Gasteiger partial charge on any atom is -0.465 e. The maximum absolute atomic E-state index is 13.3. The van der Waals surface area contributed by atoms with Crippen LogP contribution in [0.3, 0.4) is 0 Å². The minimum atomic E-state index is -0.815. The number of ketones is 1. The summed E-state index contributed by atoms with van der Waals surface area (Å²) in [5.74, 6) is -1.23. The number of thiophene rings is 1. The van der Waals surface area contributed by atoms with Crippen molar-refractivity contribution in [2.75, 3.05) is 6.61 Å². The molecule has 0 aliphatic carbocycles. The van der Waals surface area contributed by atoms with Crippen molar-refractivity contribution in [3.05, 3.63) is 71.2 Å². The van der Waals surface area contributed by atoms with E-state index in [0.29, 0.717) is 16.8 Å². The van der Waals surface area contributed by atoms with Crippen LogP contribution in [-0.2, 0) is 40.4 Å². The molecule has 11 nitrogen and oxygen atoms in total. The number of nitrogens with zero attached hydrogens (tertiary/aromatic N) is 3. The highest BCUT2D eigenvalue weighted by molar-refractivity contribution is 7.18. The molecule has 2 aromatic heterocycles. The number of hydrogen-bond acceptors (Lipinski definition) is 9. The first-order valence-corrected chi connectivity index (χ1v) is 11.7. The van der Waals surface area contributed by atoms with Crippen LogP contribution >= 0.6 is 11.3 Å². The van der Waals surface area contributed by atoms with Crippen molar-refractivity contribution in [1.82, 2.24) is 9.13 Å². The fourth-order valence-corrected chi connectivity index (χ4v) is 5.48. The number of rotatable bonds is 7. The van der Waals surface area contributed by atoms with Crippen LogP contribution in [0.25, 0.3) is 10.2 Å². The fraction of sp³-hybridized carbons (Fsp3) is 0.391. The topological polar surface area (TPSA) is 140 Å². The molecule has 0 amide bonds. The Kier molecular flexibility index (Phi) is 6.43. The monoisotopic (exact) mass is 501 g/mol. The molecule has 0 N–H and O–H groups in total. The molecular weight excluding hydrogens is 478 g/mol. The molecule has 0 fully saturated rings. The van der Waals surface area contributed by atoms with Gasteiger partial charge in [-0.15, -0.1) is 11.3 Å². The smallest absolute Gasteiger partial charge is 0.333 e. The number of benzene rings is 1. The van der Waals surface area contributed by atoms with Gasteiger partial charge in [0.1, 0.15) is 11.4 Å². The molecule has 0 atom stereocenters. The first-order chi connectivity index (χ1) is 16.5. The number of non-ortho nitro benzene ring substituents is 1. The maximum Gasteiger partial charge on any atom is 0.333 e. The normalized spacial score (nSPS) is 14.5. The predicted octanol–water partition coefficient (Wildman–Crippen LogP) is 2.43. The molecule has 0 saturated carbocycles. The lowest BCUT2D eigenvalue weighted by Gasteiger charge is -2.29. The molecule has 1 aromatic carbocycles.